The zero-order valence-electron chi connectivity index (χ0n) is 22.6. The predicted octanol–water partition coefficient (Wildman–Crippen LogP) is 6.88. The number of methoxy groups -OCH3 is 1. The van der Waals surface area contributed by atoms with Crippen LogP contribution >= 0.6 is 23.2 Å². The molecule has 1 aliphatic rings. The molecule has 1 fully saturated rings. The summed E-state index contributed by atoms with van der Waals surface area (Å²) in [6.45, 7) is 11.0. The minimum Gasteiger partial charge on any atom is -0.493 e. The molecule has 3 aromatic carbocycles. The van der Waals surface area contributed by atoms with E-state index in [1.165, 1.54) is 11.1 Å². The smallest absolute Gasteiger partial charge is 0.254 e. The molecule has 0 unspecified atom stereocenters. The highest BCUT2D eigenvalue weighted by Crippen LogP contribution is 2.30. The van der Waals surface area contributed by atoms with Crippen LogP contribution in [0, 0.1) is 0 Å². The van der Waals surface area contributed by atoms with E-state index in [1.807, 2.05) is 17.0 Å². The van der Waals surface area contributed by atoms with E-state index in [4.69, 9.17) is 32.7 Å². The van der Waals surface area contributed by atoms with Crippen molar-refractivity contribution in [3.63, 3.8) is 0 Å². The monoisotopic (exact) mass is 554 g/mol. The molecule has 0 aliphatic carbocycles. The van der Waals surface area contributed by atoms with Crippen molar-refractivity contribution in [2.24, 2.45) is 0 Å². The number of nitrogens with zero attached hydrogens (tertiary/aromatic N) is 2. The van der Waals surface area contributed by atoms with Gasteiger partial charge in [0, 0.05) is 54.8 Å². The molecular formula is C31H36Cl2N2O3. The van der Waals surface area contributed by atoms with Crippen LogP contribution in [0.1, 0.15) is 47.8 Å². The number of rotatable bonds is 8. The molecule has 5 nitrogen and oxygen atoms in total. The largest absolute Gasteiger partial charge is 0.493 e. The summed E-state index contributed by atoms with van der Waals surface area (Å²) >= 11 is 12.3. The van der Waals surface area contributed by atoms with Gasteiger partial charge in [0.2, 0.25) is 0 Å². The van der Waals surface area contributed by atoms with Gasteiger partial charge in [-0.05, 0) is 52.4 Å². The van der Waals surface area contributed by atoms with E-state index < -0.39 is 0 Å². The van der Waals surface area contributed by atoms with Gasteiger partial charge in [0.1, 0.15) is 0 Å². The average molecular weight is 556 g/mol. The van der Waals surface area contributed by atoms with Crippen LogP contribution in [0.15, 0.2) is 60.7 Å². The van der Waals surface area contributed by atoms with Gasteiger partial charge in [-0.1, -0.05) is 74.3 Å². The van der Waals surface area contributed by atoms with Crippen LogP contribution in [0.4, 0.5) is 0 Å². The second-order valence-corrected chi connectivity index (χ2v) is 11.6. The van der Waals surface area contributed by atoms with Crippen LogP contribution in [0.2, 0.25) is 10.0 Å². The second kappa shape index (κ2) is 12.4. The van der Waals surface area contributed by atoms with E-state index in [2.05, 4.69) is 49.9 Å². The maximum absolute atomic E-state index is 13.3. The Balaban J connectivity index is 1.33. The Morgan fingerprint density at radius 3 is 2.24 bits per heavy atom. The molecule has 3 aromatic rings. The lowest BCUT2D eigenvalue weighted by Gasteiger charge is -2.35. The molecule has 1 aliphatic heterocycles. The number of hydrogen-bond acceptors (Lipinski definition) is 4. The van der Waals surface area contributed by atoms with Crippen molar-refractivity contribution in [1.29, 1.82) is 0 Å². The molecule has 1 amide bonds. The summed E-state index contributed by atoms with van der Waals surface area (Å²) in [7, 11) is 1.59. The molecule has 0 N–H and O–H groups in total. The van der Waals surface area contributed by atoms with Gasteiger partial charge in [-0.25, -0.2) is 0 Å². The topological polar surface area (TPSA) is 42.0 Å². The molecule has 7 heteroatoms. The summed E-state index contributed by atoms with van der Waals surface area (Å²) in [4.78, 5) is 17.6. The van der Waals surface area contributed by atoms with Gasteiger partial charge in [0.05, 0.1) is 13.7 Å². The van der Waals surface area contributed by atoms with Crippen LogP contribution in [0.5, 0.6) is 11.5 Å². The summed E-state index contributed by atoms with van der Waals surface area (Å²) in [5.41, 5.74) is 4.34. The first-order valence-electron chi connectivity index (χ1n) is 13.0. The lowest BCUT2D eigenvalue weighted by molar-refractivity contribution is 0.0628. The fourth-order valence-corrected chi connectivity index (χ4v) is 5.08. The number of carbonyl (C=O) groups excluding carboxylic acids is 1. The third-order valence-electron chi connectivity index (χ3n) is 6.94. The van der Waals surface area contributed by atoms with Crippen molar-refractivity contribution < 1.29 is 14.3 Å². The van der Waals surface area contributed by atoms with Crippen LogP contribution in [-0.2, 0) is 18.4 Å². The molecule has 1 heterocycles. The fraction of sp³-hybridized carbons (Fsp3) is 0.387. The quantitative estimate of drug-likeness (QED) is 0.304. The first kappa shape index (κ1) is 28.3. The van der Waals surface area contributed by atoms with Gasteiger partial charge in [0.25, 0.3) is 5.91 Å². The summed E-state index contributed by atoms with van der Waals surface area (Å²) in [6.07, 6.45) is 0.609. The van der Waals surface area contributed by atoms with E-state index in [-0.39, 0.29) is 11.3 Å². The molecule has 0 atom stereocenters. The van der Waals surface area contributed by atoms with Crippen LogP contribution in [-0.4, -0.2) is 55.6 Å². The normalized spacial score (nSPS) is 14.4. The summed E-state index contributed by atoms with van der Waals surface area (Å²) < 4.78 is 11.5. The van der Waals surface area contributed by atoms with E-state index in [1.54, 1.807) is 31.4 Å². The zero-order chi connectivity index (χ0) is 27.3. The number of amides is 1. The standard InChI is InChI=1S/C31H36Cl2N2O3/c1-31(2,3)25-9-5-22(6-10-25)21-34-14-16-35(17-15-34)30(36)24-8-12-28(37-4)29(19-24)38-18-13-23-7-11-26(32)20-27(23)33/h5-12,19-20H,13-18,21H2,1-4H3. The number of hydrogen-bond donors (Lipinski definition) is 0. The lowest BCUT2D eigenvalue weighted by Crippen LogP contribution is -2.48. The minimum atomic E-state index is 0.00688. The van der Waals surface area contributed by atoms with Gasteiger partial charge < -0.3 is 14.4 Å². The van der Waals surface area contributed by atoms with Gasteiger partial charge >= 0.3 is 0 Å². The highest BCUT2D eigenvalue weighted by atomic mass is 35.5. The minimum absolute atomic E-state index is 0.00688. The lowest BCUT2D eigenvalue weighted by atomic mass is 9.87. The highest BCUT2D eigenvalue weighted by molar-refractivity contribution is 6.35. The first-order chi connectivity index (χ1) is 18.1. The second-order valence-electron chi connectivity index (χ2n) is 10.7. The number of carbonyl (C=O) groups is 1. The van der Waals surface area contributed by atoms with E-state index >= 15 is 0 Å². The summed E-state index contributed by atoms with van der Waals surface area (Å²) in [5.74, 6) is 1.14. The average Bonchev–Trinajstić information content (AvgIpc) is 2.89. The van der Waals surface area contributed by atoms with E-state index in [0.717, 1.165) is 25.2 Å². The molecular weight excluding hydrogens is 519 g/mol. The molecule has 0 spiro atoms. The molecule has 4 rings (SSSR count). The van der Waals surface area contributed by atoms with E-state index in [9.17, 15) is 4.79 Å². The van der Waals surface area contributed by atoms with Gasteiger partial charge in [-0.3, -0.25) is 9.69 Å². The Hall–Kier alpha value is -2.73. The number of benzene rings is 3. The molecule has 1 saturated heterocycles. The van der Waals surface area contributed by atoms with Gasteiger partial charge in [0.15, 0.2) is 11.5 Å². The van der Waals surface area contributed by atoms with Crippen LogP contribution in [0.25, 0.3) is 0 Å². The molecule has 38 heavy (non-hydrogen) atoms. The third-order valence-corrected chi connectivity index (χ3v) is 7.53. The van der Waals surface area contributed by atoms with Crippen LogP contribution < -0.4 is 9.47 Å². The van der Waals surface area contributed by atoms with Crippen molar-refractivity contribution in [3.8, 4) is 11.5 Å². The van der Waals surface area contributed by atoms with Crippen molar-refractivity contribution in [2.45, 2.75) is 39.2 Å². The predicted molar refractivity (Wildman–Crippen MR) is 155 cm³/mol. The first-order valence-corrected chi connectivity index (χ1v) is 13.8. The number of halogens is 2. The van der Waals surface area contributed by atoms with Crippen molar-refractivity contribution >= 4 is 29.1 Å². The molecule has 202 valence electrons. The number of ether oxygens (including phenoxy) is 2. The molecule has 0 bridgehead atoms. The third kappa shape index (κ3) is 7.22. The Bertz CT molecular complexity index is 1250. The SMILES string of the molecule is COc1ccc(C(=O)N2CCN(Cc3ccc(C(C)(C)C)cc3)CC2)cc1OCCc1ccc(Cl)cc1Cl. The van der Waals surface area contributed by atoms with Crippen molar-refractivity contribution in [2.75, 3.05) is 39.9 Å². The Labute approximate surface area is 236 Å². The molecule has 0 aromatic heterocycles. The fourth-order valence-electron chi connectivity index (χ4n) is 4.58. The molecule has 0 saturated carbocycles. The maximum atomic E-state index is 13.3. The summed E-state index contributed by atoms with van der Waals surface area (Å²) in [6, 6.07) is 19.7. The van der Waals surface area contributed by atoms with Crippen molar-refractivity contribution in [1.82, 2.24) is 9.80 Å². The zero-order valence-corrected chi connectivity index (χ0v) is 24.1. The van der Waals surface area contributed by atoms with Gasteiger partial charge in [-0.2, -0.15) is 0 Å². The Kier molecular flexibility index (Phi) is 9.24. The van der Waals surface area contributed by atoms with Crippen molar-refractivity contribution in [3.05, 3.63) is 93.0 Å². The van der Waals surface area contributed by atoms with Crippen LogP contribution in [0.3, 0.4) is 0 Å². The Morgan fingerprint density at radius 1 is 0.895 bits per heavy atom. The maximum Gasteiger partial charge on any atom is 0.254 e. The highest BCUT2D eigenvalue weighted by Gasteiger charge is 2.23. The molecule has 0 radical (unpaired) electrons. The number of piperazine rings is 1. The summed E-state index contributed by atoms with van der Waals surface area (Å²) in [5, 5.41) is 1.21. The van der Waals surface area contributed by atoms with Gasteiger partial charge in [-0.15, -0.1) is 0 Å². The Morgan fingerprint density at radius 2 is 1.61 bits per heavy atom. The van der Waals surface area contributed by atoms with E-state index in [0.29, 0.717) is 53.2 Å².